The quantitative estimate of drug-likeness (QED) is 0.453. The maximum absolute atomic E-state index is 14.9. The molecule has 34 heavy (non-hydrogen) atoms. The molecule has 4 atom stereocenters. The molecule has 2 aliphatic rings. The third kappa shape index (κ3) is 3.86. The van der Waals surface area contributed by atoms with Crippen LogP contribution >= 0.6 is 11.8 Å². The van der Waals surface area contributed by atoms with Crippen LogP contribution in [0.25, 0.3) is 0 Å². The van der Waals surface area contributed by atoms with Gasteiger partial charge in [-0.05, 0) is 55.7 Å². The lowest BCUT2D eigenvalue weighted by atomic mass is 9.78. The largest absolute Gasteiger partial charge is 0.494 e. The second-order valence-electron chi connectivity index (χ2n) is 8.29. The zero-order chi connectivity index (χ0) is 24.5. The van der Waals surface area contributed by atoms with Crippen LogP contribution in [0.4, 0.5) is 10.1 Å². The van der Waals surface area contributed by atoms with Crippen LogP contribution in [0.1, 0.15) is 24.9 Å². The van der Waals surface area contributed by atoms with Crippen LogP contribution in [0.15, 0.2) is 48.5 Å². The molecule has 0 radical (unpaired) electrons. The monoisotopic (exact) mass is 486 g/mol. The zero-order valence-corrected chi connectivity index (χ0v) is 20.1. The highest BCUT2D eigenvalue weighted by Gasteiger charge is 2.68. The number of amides is 2. The first-order chi connectivity index (χ1) is 16.4. The third-order valence-electron chi connectivity index (χ3n) is 6.55. The summed E-state index contributed by atoms with van der Waals surface area (Å²) in [5.74, 6) is -2.96. The molecule has 2 aliphatic heterocycles. The molecular formula is C25H27FN2O5S. The molecule has 7 nitrogen and oxygen atoms in total. The van der Waals surface area contributed by atoms with Gasteiger partial charge in [0.25, 0.3) is 0 Å². The SMILES string of the molecule is CCOc1ccc(N2C(=O)[C@@H]3[C@H](c4ccccc4F)N[C@](CCSC)(C(=O)OC)[C@H]3C2=O)cc1. The summed E-state index contributed by atoms with van der Waals surface area (Å²) in [6, 6.07) is 11.9. The summed E-state index contributed by atoms with van der Waals surface area (Å²) in [6.07, 6.45) is 2.14. The summed E-state index contributed by atoms with van der Waals surface area (Å²) in [5, 5.41) is 3.19. The molecule has 2 saturated heterocycles. The molecule has 0 aromatic heterocycles. The first-order valence-corrected chi connectivity index (χ1v) is 12.5. The van der Waals surface area contributed by atoms with E-state index in [1.54, 1.807) is 42.5 Å². The fourth-order valence-corrected chi connectivity index (χ4v) is 5.60. The van der Waals surface area contributed by atoms with E-state index in [1.807, 2.05) is 13.2 Å². The minimum atomic E-state index is -1.46. The fraction of sp³-hybridized carbons (Fsp3) is 0.400. The lowest BCUT2D eigenvalue weighted by molar-refractivity contribution is -0.152. The van der Waals surface area contributed by atoms with Gasteiger partial charge < -0.3 is 9.47 Å². The Morgan fingerprint density at radius 2 is 1.85 bits per heavy atom. The number of halogens is 1. The predicted molar refractivity (Wildman–Crippen MR) is 127 cm³/mol. The number of rotatable bonds is 8. The van der Waals surface area contributed by atoms with Crippen LogP contribution in [0.2, 0.25) is 0 Å². The molecule has 2 aromatic rings. The molecular weight excluding hydrogens is 459 g/mol. The second kappa shape index (κ2) is 9.76. The lowest BCUT2D eigenvalue weighted by Gasteiger charge is -2.32. The molecule has 4 rings (SSSR count). The molecule has 180 valence electrons. The van der Waals surface area contributed by atoms with Gasteiger partial charge in [-0.1, -0.05) is 18.2 Å². The van der Waals surface area contributed by atoms with Gasteiger partial charge in [0.05, 0.1) is 31.2 Å². The molecule has 1 N–H and O–H groups in total. The van der Waals surface area contributed by atoms with Gasteiger partial charge in [-0.25, -0.2) is 9.29 Å². The van der Waals surface area contributed by atoms with E-state index in [0.29, 0.717) is 23.8 Å². The number of nitrogens with zero attached hydrogens (tertiary/aromatic N) is 1. The standard InChI is InChI=1S/C25H27FN2O5S/c1-4-33-16-11-9-15(10-12-16)28-22(29)19-20(23(28)30)25(13-14-34-3,24(31)32-2)27-21(19)17-7-5-6-8-18(17)26/h5-12,19-21,27H,4,13-14H2,1-3H3/t19-,20+,21-,25-/m0/s1. The minimum Gasteiger partial charge on any atom is -0.494 e. The Hall–Kier alpha value is -2.91. The van der Waals surface area contributed by atoms with Crippen molar-refractivity contribution in [2.75, 3.05) is 30.6 Å². The molecule has 2 fully saturated rings. The molecule has 0 spiro atoms. The summed E-state index contributed by atoms with van der Waals surface area (Å²) in [7, 11) is 1.25. The molecule has 2 amide bonds. The van der Waals surface area contributed by atoms with E-state index in [2.05, 4.69) is 5.32 Å². The number of benzene rings is 2. The number of anilines is 1. The number of nitrogens with one attached hydrogen (secondary N) is 1. The maximum Gasteiger partial charge on any atom is 0.326 e. The number of ether oxygens (including phenoxy) is 2. The van der Waals surface area contributed by atoms with Crippen LogP contribution in [-0.2, 0) is 19.1 Å². The summed E-state index contributed by atoms with van der Waals surface area (Å²) in [5.41, 5.74) is -0.840. The maximum atomic E-state index is 14.9. The summed E-state index contributed by atoms with van der Waals surface area (Å²) < 4.78 is 25.4. The third-order valence-corrected chi connectivity index (χ3v) is 7.16. The number of fused-ring (bicyclic) bond motifs is 1. The number of hydrogen-bond donors (Lipinski definition) is 1. The van der Waals surface area contributed by atoms with Crippen molar-refractivity contribution in [2.45, 2.75) is 24.9 Å². The van der Waals surface area contributed by atoms with Gasteiger partial charge in [0.15, 0.2) is 0 Å². The normalized spacial score (nSPS) is 26.0. The Labute approximate surface area is 202 Å². The van der Waals surface area contributed by atoms with Gasteiger partial charge >= 0.3 is 5.97 Å². The Morgan fingerprint density at radius 1 is 1.15 bits per heavy atom. The van der Waals surface area contributed by atoms with Crippen molar-refractivity contribution in [2.24, 2.45) is 11.8 Å². The predicted octanol–water partition coefficient (Wildman–Crippen LogP) is 3.34. The van der Waals surface area contributed by atoms with E-state index >= 15 is 0 Å². The summed E-state index contributed by atoms with van der Waals surface area (Å²) >= 11 is 1.51. The van der Waals surface area contributed by atoms with E-state index in [9.17, 15) is 18.8 Å². The van der Waals surface area contributed by atoms with Crippen LogP contribution in [0.5, 0.6) is 5.75 Å². The molecule has 2 aromatic carbocycles. The molecule has 0 unspecified atom stereocenters. The van der Waals surface area contributed by atoms with E-state index in [1.165, 1.54) is 24.9 Å². The van der Waals surface area contributed by atoms with Crippen LogP contribution in [0.3, 0.4) is 0 Å². The van der Waals surface area contributed by atoms with Crippen molar-refractivity contribution in [1.29, 1.82) is 0 Å². The molecule has 9 heteroatoms. The van der Waals surface area contributed by atoms with Crippen LogP contribution in [0, 0.1) is 17.7 Å². The van der Waals surface area contributed by atoms with E-state index < -0.39 is 47.0 Å². The van der Waals surface area contributed by atoms with Gasteiger partial charge in [0.2, 0.25) is 11.8 Å². The highest BCUT2D eigenvalue weighted by molar-refractivity contribution is 7.98. The molecule has 0 bridgehead atoms. The topological polar surface area (TPSA) is 84.9 Å². The van der Waals surface area contributed by atoms with E-state index in [-0.39, 0.29) is 12.0 Å². The average Bonchev–Trinajstić information content (AvgIpc) is 3.32. The van der Waals surface area contributed by atoms with Gasteiger partial charge in [0, 0.05) is 11.6 Å². The first kappa shape index (κ1) is 24.2. The zero-order valence-electron chi connectivity index (χ0n) is 19.2. The van der Waals surface area contributed by atoms with Crippen LogP contribution in [-0.4, -0.2) is 49.0 Å². The molecule has 2 heterocycles. The second-order valence-corrected chi connectivity index (χ2v) is 9.28. The Bertz CT molecular complexity index is 1090. The lowest BCUT2D eigenvalue weighted by Crippen LogP contribution is -2.56. The van der Waals surface area contributed by atoms with E-state index in [4.69, 9.17) is 9.47 Å². The number of methoxy groups -OCH3 is 1. The van der Waals surface area contributed by atoms with Crippen molar-refractivity contribution in [3.8, 4) is 5.75 Å². The van der Waals surface area contributed by atoms with Crippen molar-refractivity contribution in [3.05, 3.63) is 59.9 Å². The van der Waals surface area contributed by atoms with Gasteiger partial charge in [0.1, 0.15) is 17.1 Å². The Morgan fingerprint density at radius 3 is 2.47 bits per heavy atom. The number of hydrogen-bond acceptors (Lipinski definition) is 7. The van der Waals surface area contributed by atoms with Crippen LogP contribution < -0.4 is 15.0 Å². The van der Waals surface area contributed by atoms with E-state index in [0.717, 1.165) is 4.90 Å². The fourth-order valence-electron chi connectivity index (χ4n) is 5.07. The first-order valence-electron chi connectivity index (χ1n) is 11.1. The van der Waals surface area contributed by atoms with Crippen molar-refractivity contribution in [1.82, 2.24) is 5.32 Å². The number of carbonyl (C=O) groups excluding carboxylic acids is 3. The summed E-state index contributed by atoms with van der Waals surface area (Å²) in [4.78, 5) is 41.8. The highest BCUT2D eigenvalue weighted by Crippen LogP contribution is 2.51. The highest BCUT2D eigenvalue weighted by atomic mass is 32.2. The Balaban J connectivity index is 1.83. The number of imide groups is 1. The minimum absolute atomic E-state index is 0.238. The molecule has 0 aliphatic carbocycles. The number of esters is 1. The number of carbonyl (C=O) groups is 3. The summed E-state index contributed by atoms with van der Waals surface area (Å²) in [6.45, 7) is 2.34. The average molecular weight is 487 g/mol. The van der Waals surface area contributed by atoms with Crippen molar-refractivity contribution < 1.29 is 28.2 Å². The van der Waals surface area contributed by atoms with Crippen molar-refractivity contribution in [3.63, 3.8) is 0 Å². The number of thioether (sulfide) groups is 1. The molecule has 0 saturated carbocycles. The smallest absolute Gasteiger partial charge is 0.326 e. The van der Waals surface area contributed by atoms with Crippen molar-refractivity contribution >= 4 is 35.2 Å². The van der Waals surface area contributed by atoms with Gasteiger partial charge in [-0.2, -0.15) is 11.8 Å². The Kier molecular flexibility index (Phi) is 6.95. The van der Waals surface area contributed by atoms with Gasteiger partial charge in [-0.3, -0.25) is 19.7 Å². The van der Waals surface area contributed by atoms with Gasteiger partial charge in [-0.15, -0.1) is 0 Å².